The topological polar surface area (TPSA) is 114 Å². The molecule has 0 saturated carbocycles. The number of methoxy groups -OCH3 is 1. The normalized spacial score (nSPS) is 15.9. The van der Waals surface area contributed by atoms with Crippen LogP contribution in [0.5, 0.6) is 11.5 Å². The van der Waals surface area contributed by atoms with E-state index in [1.54, 1.807) is 0 Å². The highest BCUT2D eigenvalue weighted by atomic mass is 32.1. The minimum atomic E-state index is -0.743. The lowest BCUT2D eigenvalue weighted by Crippen LogP contribution is -2.21. The Kier molecular flexibility index (Phi) is 3.53. The van der Waals surface area contributed by atoms with E-state index in [2.05, 4.69) is 10.6 Å². The fraction of sp³-hybridized carbons (Fsp3) is 0.0909. The number of nitrogens with zero attached hydrogens (tertiary/aromatic N) is 1. The van der Waals surface area contributed by atoms with Gasteiger partial charge in [-0.25, -0.2) is 0 Å². The first-order chi connectivity index (χ1) is 9.42. The molecule has 0 radical (unpaired) electrons. The van der Waals surface area contributed by atoms with E-state index in [0.29, 0.717) is 5.56 Å². The molecule has 0 bridgehead atoms. The number of phenolic OH excluding ortho intramolecular Hbond substituents is 1. The molecule has 0 atom stereocenters. The summed E-state index contributed by atoms with van der Waals surface area (Å²) in [4.78, 5) is 21.6. The van der Waals surface area contributed by atoms with Gasteiger partial charge in [-0.2, -0.15) is 0 Å². The molecule has 1 saturated heterocycles. The molecule has 104 valence electrons. The molecule has 1 aromatic rings. The van der Waals surface area contributed by atoms with Crippen LogP contribution in [0.15, 0.2) is 17.8 Å². The van der Waals surface area contributed by atoms with Crippen LogP contribution in [-0.4, -0.2) is 28.2 Å². The zero-order valence-corrected chi connectivity index (χ0v) is 11.0. The molecule has 3 N–H and O–H groups in total. The van der Waals surface area contributed by atoms with Crippen molar-refractivity contribution in [1.82, 2.24) is 10.6 Å². The number of amides is 1. The summed E-state index contributed by atoms with van der Waals surface area (Å²) in [6.07, 6.45) is 1.36. The highest BCUT2D eigenvalue weighted by molar-refractivity contribution is 7.80. The van der Waals surface area contributed by atoms with Crippen LogP contribution in [0.4, 0.5) is 5.69 Å². The lowest BCUT2D eigenvalue weighted by atomic mass is 10.1. The number of nitro groups is 1. The van der Waals surface area contributed by atoms with Gasteiger partial charge in [0.15, 0.2) is 10.9 Å². The molecule has 1 amide bonds. The van der Waals surface area contributed by atoms with Gasteiger partial charge in [0.05, 0.1) is 12.0 Å². The Morgan fingerprint density at radius 2 is 2.15 bits per heavy atom. The van der Waals surface area contributed by atoms with E-state index in [1.807, 2.05) is 0 Å². The molecule has 0 aromatic heterocycles. The maximum absolute atomic E-state index is 11.5. The third-order valence-corrected chi connectivity index (χ3v) is 2.73. The summed E-state index contributed by atoms with van der Waals surface area (Å²) in [5, 5.41) is 25.6. The van der Waals surface area contributed by atoms with Gasteiger partial charge in [0, 0.05) is 6.07 Å². The van der Waals surface area contributed by atoms with Crippen molar-refractivity contribution in [2.75, 3.05) is 7.11 Å². The van der Waals surface area contributed by atoms with Crippen molar-refractivity contribution in [3.63, 3.8) is 0 Å². The minimum absolute atomic E-state index is 0.0629. The first-order valence-electron chi connectivity index (χ1n) is 5.32. The zero-order valence-electron chi connectivity index (χ0n) is 10.2. The first-order valence-corrected chi connectivity index (χ1v) is 5.72. The van der Waals surface area contributed by atoms with Crippen LogP contribution in [0, 0.1) is 10.1 Å². The van der Waals surface area contributed by atoms with E-state index in [1.165, 1.54) is 19.3 Å². The van der Waals surface area contributed by atoms with E-state index in [-0.39, 0.29) is 16.6 Å². The number of hydrogen-bond acceptors (Lipinski definition) is 6. The summed E-state index contributed by atoms with van der Waals surface area (Å²) >= 11 is 4.77. The van der Waals surface area contributed by atoms with Crippen molar-refractivity contribution in [3.8, 4) is 11.5 Å². The zero-order chi connectivity index (χ0) is 14.9. The molecule has 1 heterocycles. The highest BCUT2D eigenvalue weighted by Gasteiger charge is 2.23. The lowest BCUT2D eigenvalue weighted by Gasteiger charge is -2.05. The van der Waals surface area contributed by atoms with Crippen LogP contribution in [0.25, 0.3) is 6.08 Å². The van der Waals surface area contributed by atoms with E-state index < -0.39 is 22.3 Å². The largest absolute Gasteiger partial charge is 0.500 e. The van der Waals surface area contributed by atoms with Gasteiger partial charge in [-0.3, -0.25) is 20.2 Å². The smallest absolute Gasteiger partial charge is 0.315 e. The molecule has 0 unspecified atom stereocenters. The average molecular weight is 295 g/mol. The Bertz CT molecular complexity index is 656. The standard InChI is InChI=1S/C11H9N3O5S/c1-19-8-4-5(3-7(9(8)15)14(17)18)2-6-10(16)13-11(20)12-6/h2-4,15H,1H3,(H2,12,13,16,20)/b6-2-. The SMILES string of the molecule is COc1cc(/C=C2\NC(=S)NC2=O)cc([N+](=O)[O-])c1O. The predicted octanol–water partition coefficient (Wildman–Crippen LogP) is 0.654. The Hall–Kier alpha value is -2.68. The van der Waals surface area contributed by atoms with Gasteiger partial charge < -0.3 is 15.2 Å². The number of aromatic hydroxyl groups is 1. The van der Waals surface area contributed by atoms with Crippen molar-refractivity contribution in [2.24, 2.45) is 0 Å². The Labute approximate surface area is 118 Å². The summed E-state index contributed by atoms with van der Waals surface area (Å²) in [7, 11) is 1.27. The minimum Gasteiger partial charge on any atom is -0.500 e. The third-order valence-electron chi connectivity index (χ3n) is 2.52. The quantitative estimate of drug-likeness (QED) is 0.325. The fourth-order valence-electron chi connectivity index (χ4n) is 1.64. The number of rotatable bonds is 3. The Morgan fingerprint density at radius 3 is 2.65 bits per heavy atom. The molecule has 1 aromatic carbocycles. The van der Waals surface area contributed by atoms with Crippen LogP contribution >= 0.6 is 12.2 Å². The van der Waals surface area contributed by atoms with Crippen LogP contribution in [0.2, 0.25) is 0 Å². The van der Waals surface area contributed by atoms with Gasteiger partial charge in [-0.1, -0.05) is 0 Å². The van der Waals surface area contributed by atoms with Gasteiger partial charge in [0.25, 0.3) is 5.91 Å². The Morgan fingerprint density at radius 1 is 1.45 bits per heavy atom. The summed E-state index contributed by atoms with van der Waals surface area (Å²) in [5.41, 5.74) is -0.0528. The van der Waals surface area contributed by atoms with Gasteiger partial charge in [-0.05, 0) is 29.9 Å². The van der Waals surface area contributed by atoms with Crippen molar-refractivity contribution >= 4 is 35.0 Å². The molecular formula is C11H9N3O5S. The number of nitrogens with one attached hydrogen (secondary N) is 2. The number of hydrogen-bond donors (Lipinski definition) is 3. The van der Waals surface area contributed by atoms with Crippen molar-refractivity contribution in [3.05, 3.63) is 33.5 Å². The lowest BCUT2D eigenvalue weighted by molar-refractivity contribution is -0.386. The summed E-state index contributed by atoms with van der Waals surface area (Å²) in [6, 6.07) is 2.49. The van der Waals surface area contributed by atoms with Gasteiger partial charge >= 0.3 is 5.69 Å². The van der Waals surface area contributed by atoms with E-state index in [9.17, 15) is 20.0 Å². The molecule has 20 heavy (non-hydrogen) atoms. The van der Waals surface area contributed by atoms with Gasteiger partial charge in [0.1, 0.15) is 5.70 Å². The molecule has 1 aliphatic rings. The Balaban J connectivity index is 2.50. The monoisotopic (exact) mass is 295 g/mol. The number of thiocarbonyl (C=S) groups is 1. The number of phenols is 1. The average Bonchev–Trinajstić information content (AvgIpc) is 2.69. The maximum atomic E-state index is 11.5. The maximum Gasteiger partial charge on any atom is 0.315 e. The molecule has 8 nitrogen and oxygen atoms in total. The van der Waals surface area contributed by atoms with E-state index >= 15 is 0 Å². The van der Waals surface area contributed by atoms with E-state index in [4.69, 9.17) is 17.0 Å². The second kappa shape index (κ2) is 5.13. The van der Waals surface area contributed by atoms with Crippen LogP contribution in [0.3, 0.4) is 0 Å². The van der Waals surface area contributed by atoms with Crippen molar-refractivity contribution in [1.29, 1.82) is 0 Å². The van der Waals surface area contributed by atoms with E-state index in [0.717, 1.165) is 6.07 Å². The summed E-state index contributed by atoms with van der Waals surface area (Å²) in [6.45, 7) is 0. The predicted molar refractivity (Wildman–Crippen MR) is 73.2 cm³/mol. The highest BCUT2D eigenvalue weighted by Crippen LogP contribution is 2.37. The van der Waals surface area contributed by atoms with Crippen LogP contribution in [-0.2, 0) is 4.79 Å². The molecule has 9 heteroatoms. The summed E-state index contributed by atoms with van der Waals surface area (Å²) < 4.78 is 4.86. The number of nitro benzene ring substituents is 1. The fourth-order valence-corrected chi connectivity index (χ4v) is 1.84. The number of benzene rings is 1. The second-order valence-corrected chi connectivity index (χ2v) is 4.22. The van der Waals surface area contributed by atoms with Gasteiger partial charge in [-0.15, -0.1) is 0 Å². The third kappa shape index (κ3) is 2.52. The molecular weight excluding hydrogens is 286 g/mol. The number of carbonyl (C=O) groups excluding carboxylic acids is 1. The van der Waals surface area contributed by atoms with Gasteiger partial charge in [0.2, 0.25) is 5.75 Å². The number of ether oxygens (including phenoxy) is 1. The second-order valence-electron chi connectivity index (χ2n) is 3.81. The molecule has 1 fully saturated rings. The van der Waals surface area contributed by atoms with Crippen LogP contribution < -0.4 is 15.4 Å². The molecule has 0 spiro atoms. The van der Waals surface area contributed by atoms with Crippen molar-refractivity contribution in [2.45, 2.75) is 0 Å². The van der Waals surface area contributed by atoms with Crippen molar-refractivity contribution < 1.29 is 19.6 Å². The van der Waals surface area contributed by atoms with Crippen LogP contribution in [0.1, 0.15) is 5.56 Å². The number of carbonyl (C=O) groups is 1. The molecule has 2 rings (SSSR count). The molecule has 1 aliphatic heterocycles. The first kappa shape index (κ1) is 13.7. The summed E-state index contributed by atoms with van der Waals surface area (Å²) in [5.74, 6) is -1.07. The molecule has 0 aliphatic carbocycles.